The molecule has 108 valence electrons. The molecule has 0 aromatic heterocycles. The molecule has 1 heterocycles. The van der Waals surface area contributed by atoms with Crippen LogP contribution in [0.4, 0.5) is 0 Å². The summed E-state index contributed by atoms with van der Waals surface area (Å²) in [6.07, 6.45) is 5.12. The van der Waals surface area contributed by atoms with Crippen molar-refractivity contribution in [3.63, 3.8) is 0 Å². The maximum Gasteiger partial charge on any atom is 0.223 e. The second-order valence-electron chi connectivity index (χ2n) is 5.80. The Hall–Kier alpha value is -1.10. The van der Waals surface area contributed by atoms with Crippen LogP contribution in [-0.2, 0) is 9.59 Å². The Labute approximate surface area is 115 Å². The molecule has 2 atom stereocenters. The number of piperazine rings is 1. The predicted molar refractivity (Wildman–Crippen MR) is 73.4 cm³/mol. The van der Waals surface area contributed by atoms with Gasteiger partial charge in [-0.15, -0.1) is 0 Å². The standard InChI is InChI=1S/C14H25N3O2/c1-11(18)16-6-8-17(9-7-16)14(19)10-12-4-2-3-5-13(12)15/h12-13H,2-10,15H2,1H3. The lowest BCUT2D eigenvalue weighted by atomic mass is 9.82. The molecule has 2 aliphatic rings. The minimum atomic E-state index is 0.0985. The molecule has 0 aromatic carbocycles. The second kappa shape index (κ2) is 6.37. The van der Waals surface area contributed by atoms with Gasteiger partial charge in [0.15, 0.2) is 0 Å². The summed E-state index contributed by atoms with van der Waals surface area (Å²) in [5, 5.41) is 0. The number of carbonyl (C=O) groups excluding carboxylic acids is 2. The summed E-state index contributed by atoms with van der Waals surface area (Å²) >= 11 is 0. The van der Waals surface area contributed by atoms with Gasteiger partial charge in [0.05, 0.1) is 0 Å². The molecular formula is C14H25N3O2. The van der Waals surface area contributed by atoms with Gasteiger partial charge in [0.25, 0.3) is 0 Å². The van der Waals surface area contributed by atoms with E-state index >= 15 is 0 Å². The van der Waals surface area contributed by atoms with Crippen LogP contribution in [0.1, 0.15) is 39.0 Å². The van der Waals surface area contributed by atoms with Crippen molar-refractivity contribution >= 4 is 11.8 Å². The lowest BCUT2D eigenvalue weighted by molar-refractivity contribution is -0.139. The van der Waals surface area contributed by atoms with Crippen molar-refractivity contribution in [1.29, 1.82) is 0 Å². The number of hydrogen-bond donors (Lipinski definition) is 1. The van der Waals surface area contributed by atoms with E-state index < -0.39 is 0 Å². The monoisotopic (exact) mass is 267 g/mol. The quantitative estimate of drug-likeness (QED) is 0.796. The molecule has 1 aliphatic heterocycles. The molecule has 2 amide bonds. The zero-order valence-corrected chi connectivity index (χ0v) is 11.8. The first-order valence-electron chi connectivity index (χ1n) is 7.37. The number of nitrogens with zero attached hydrogens (tertiary/aromatic N) is 2. The molecule has 19 heavy (non-hydrogen) atoms. The Balaban J connectivity index is 1.79. The lowest BCUT2D eigenvalue weighted by Crippen LogP contribution is -2.50. The van der Waals surface area contributed by atoms with Gasteiger partial charge in [0, 0.05) is 45.6 Å². The molecule has 2 fully saturated rings. The topological polar surface area (TPSA) is 66.6 Å². The van der Waals surface area contributed by atoms with Gasteiger partial charge in [0.2, 0.25) is 11.8 Å². The van der Waals surface area contributed by atoms with Gasteiger partial charge in [-0.25, -0.2) is 0 Å². The highest BCUT2D eigenvalue weighted by Crippen LogP contribution is 2.26. The van der Waals surface area contributed by atoms with Crippen molar-refractivity contribution in [2.75, 3.05) is 26.2 Å². The predicted octanol–water partition coefficient (Wildman–Crippen LogP) is 0.585. The molecule has 0 aromatic rings. The second-order valence-corrected chi connectivity index (χ2v) is 5.80. The van der Waals surface area contributed by atoms with Gasteiger partial charge in [-0.2, -0.15) is 0 Å². The van der Waals surface area contributed by atoms with Crippen LogP contribution in [0.3, 0.4) is 0 Å². The number of amides is 2. The average Bonchev–Trinajstić information content (AvgIpc) is 2.41. The van der Waals surface area contributed by atoms with E-state index in [9.17, 15) is 9.59 Å². The van der Waals surface area contributed by atoms with Crippen LogP contribution >= 0.6 is 0 Å². The maximum atomic E-state index is 12.3. The van der Waals surface area contributed by atoms with Crippen LogP contribution in [-0.4, -0.2) is 53.8 Å². The van der Waals surface area contributed by atoms with Crippen LogP contribution in [0.15, 0.2) is 0 Å². The van der Waals surface area contributed by atoms with Gasteiger partial charge in [-0.1, -0.05) is 12.8 Å². The summed E-state index contributed by atoms with van der Waals surface area (Å²) in [6.45, 7) is 4.24. The molecular weight excluding hydrogens is 242 g/mol. The Morgan fingerprint density at radius 2 is 1.63 bits per heavy atom. The Morgan fingerprint density at radius 1 is 1.05 bits per heavy atom. The van der Waals surface area contributed by atoms with E-state index in [1.807, 2.05) is 4.90 Å². The molecule has 1 saturated heterocycles. The molecule has 2 rings (SSSR count). The Morgan fingerprint density at radius 3 is 2.21 bits per heavy atom. The first-order chi connectivity index (χ1) is 9.08. The van der Waals surface area contributed by atoms with Gasteiger partial charge in [0.1, 0.15) is 0 Å². The SMILES string of the molecule is CC(=O)N1CCN(C(=O)CC2CCCCC2N)CC1. The Kier molecular flexibility index (Phi) is 4.80. The van der Waals surface area contributed by atoms with Crippen LogP contribution < -0.4 is 5.73 Å². The average molecular weight is 267 g/mol. The lowest BCUT2D eigenvalue weighted by Gasteiger charge is -2.36. The highest BCUT2D eigenvalue weighted by atomic mass is 16.2. The van der Waals surface area contributed by atoms with Crippen LogP contribution in [0.25, 0.3) is 0 Å². The summed E-state index contributed by atoms with van der Waals surface area (Å²) in [5.41, 5.74) is 6.09. The van der Waals surface area contributed by atoms with Gasteiger partial charge >= 0.3 is 0 Å². The van der Waals surface area contributed by atoms with E-state index in [-0.39, 0.29) is 17.9 Å². The van der Waals surface area contributed by atoms with Crippen molar-refractivity contribution in [2.45, 2.75) is 45.1 Å². The van der Waals surface area contributed by atoms with Crippen molar-refractivity contribution in [3.05, 3.63) is 0 Å². The zero-order valence-electron chi connectivity index (χ0n) is 11.8. The first kappa shape index (κ1) is 14.3. The van der Waals surface area contributed by atoms with Crippen LogP contribution in [0, 0.1) is 5.92 Å². The molecule has 0 bridgehead atoms. The van der Waals surface area contributed by atoms with Crippen molar-refractivity contribution in [3.8, 4) is 0 Å². The van der Waals surface area contributed by atoms with Gasteiger partial charge in [-0.3, -0.25) is 9.59 Å². The summed E-state index contributed by atoms with van der Waals surface area (Å²) in [4.78, 5) is 27.2. The first-order valence-corrected chi connectivity index (χ1v) is 7.37. The molecule has 2 N–H and O–H groups in total. The fourth-order valence-corrected chi connectivity index (χ4v) is 3.11. The molecule has 1 aliphatic carbocycles. The number of rotatable bonds is 2. The zero-order chi connectivity index (χ0) is 13.8. The fraction of sp³-hybridized carbons (Fsp3) is 0.857. The van der Waals surface area contributed by atoms with Crippen molar-refractivity contribution in [1.82, 2.24) is 9.80 Å². The van der Waals surface area contributed by atoms with E-state index in [1.165, 1.54) is 12.8 Å². The minimum Gasteiger partial charge on any atom is -0.339 e. The van der Waals surface area contributed by atoms with Gasteiger partial charge < -0.3 is 15.5 Å². The maximum absolute atomic E-state index is 12.3. The number of hydrogen-bond acceptors (Lipinski definition) is 3. The number of carbonyl (C=O) groups is 2. The molecule has 1 saturated carbocycles. The van der Waals surface area contributed by atoms with Gasteiger partial charge in [-0.05, 0) is 18.8 Å². The van der Waals surface area contributed by atoms with Crippen molar-refractivity contribution < 1.29 is 9.59 Å². The third-order valence-electron chi connectivity index (χ3n) is 4.48. The number of nitrogens with two attached hydrogens (primary N) is 1. The van der Waals surface area contributed by atoms with Crippen LogP contribution in [0.2, 0.25) is 0 Å². The molecule has 5 nitrogen and oxygen atoms in total. The van der Waals surface area contributed by atoms with E-state index in [0.29, 0.717) is 38.5 Å². The van der Waals surface area contributed by atoms with Crippen LogP contribution in [0.5, 0.6) is 0 Å². The van der Waals surface area contributed by atoms with Crippen molar-refractivity contribution in [2.24, 2.45) is 11.7 Å². The Bertz CT molecular complexity index is 338. The summed E-state index contributed by atoms with van der Waals surface area (Å²) in [5.74, 6) is 0.666. The molecule has 5 heteroatoms. The smallest absolute Gasteiger partial charge is 0.223 e. The summed E-state index contributed by atoms with van der Waals surface area (Å²) < 4.78 is 0. The van der Waals surface area contributed by atoms with E-state index in [4.69, 9.17) is 5.73 Å². The third-order valence-corrected chi connectivity index (χ3v) is 4.48. The highest BCUT2D eigenvalue weighted by Gasteiger charge is 2.28. The summed E-state index contributed by atoms with van der Waals surface area (Å²) in [7, 11) is 0. The van der Waals surface area contributed by atoms with E-state index in [0.717, 1.165) is 12.8 Å². The largest absolute Gasteiger partial charge is 0.339 e. The third kappa shape index (κ3) is 3.69. The highest BCUT2D eigenvalue weighted by molar-refractivity contribution is 5.77. The normalized spacial score (nSPS) is 28.3. The fourth-order valence-electron chi connectivity index (χ4n) is 3.11. The molecule has 2 unspecified atom stereocenters. The molecule has 0 radical (unpaired) electrons. The summed E-state index contributed by atoms with van der Waals surface area (Å²) in [6, 6.07) is 0.191. The van der Waals surface area contributed by atoms with E-state index in [2.05, 4.69) is 0 Å². The molecule has 0 spiro atoms. The minimum absolute atomic E-state index is 0.0985. The van der Waals surface area contributed by atoms with E-state index in [1.54, 1.807) is 11.8 Å².